The fraction of sp³-hybridized carbons (Fsp3) is 0.200. The Morgan fingerprint density at radius 3 is 2.68 bits per heavy atom. The first-order valence-corrected chi connectivity index (χ1v) is 6.01. The molecule has 4 heteroatoms. The van der Waals surface area contributed by atoms with Crippen molar-refractivity contribution in [2.24, 2.45) is 5.73 Å². The van der Waals surface area contributed by atoms with Crippen molar-refractivity contribution in [2.45, 2.75) is 6.04 Å². The van der Waals surface area contributed by atoms with Gasteiger partial charge in [-0.3, -0.25) is 0 Å². The van der Waals surface area contributed by atoms with E-state index >= 15 is 0 Å². The van der Waals surface area contributed by atoms with Crippen LogP contribution < -0.4 is 15.2 Å². The molecular weight excluding hydrogens is 242 g/mol. The number of hydrogen-bond donors (Lipinski definition) is 2. The summed E-state index contributed by atoms with van der Waals surface area (Å²) in [7, 11) is 1.61. The fourth-order valence-electron chi connectivity index (χ4n) is 1.82. The van der Waals surface area contributed by atoms with Gasteiger partial charge in [0, 0.05) is 11.6 Å². The molecule has 0 fully saturated rings. The van der Waals surface area contributed by atoms with Crippen LogP contribution in [-0.4, -0.2) is 18.8 Å². The highest BCUT2D eigenvalue weighted by molar-refractivity contribution is 5.36. The Labute approximate surface area is 112 Å². The molecule has 2 rings (SSSR count). The van der Waals surface area contributed by atoms with E-state index in [1.165, 1.54) is 0 Å². The minimum absolute atomic E-state index is 0.170. The van der Waals surface area contributed by atoms with Gasteiger partial charge < -0.3 is 20.3 Å². The summed E-state index contributed by atoms with van der Waals surface area (Å²) in [5.41, 5.74) is 6.98. The van der Waals surface area contributed by atoms with Crippen LogP contribution in [0.2, 0.25) is 0 Å². The Morgan fingerprint density at radius 1 is 1.16 bits per heavy atom. The summed E-state index contributed by atoms with van der Waals surface area (Å²) in [6.07, 6.45) is 0. The highest BCUT2D eigenvalue weighted by Gasteiger charge is 2.12. The zero-order valence-electron chi connectivity index (χ0n) is 10.7. The second-order valence-electron chi connectivity index (χ2n) is 4.16. The third kappa shape index (κ3) is 3.39. The lowest BCUT2D eigenvalue weighted by atomic mass is 10.1. The van der Waals surface area contributed by atoms with Crippen LogP contribution in [0.5, 0.6) is 17.2 Å². The fourth-order valence-corrected chi connectivity index (χ4v) is 1.82. The third-order valence-electron chi connectivity index (χ3n) is 2.79. The van der Waals surface area contributed by atoms with Crippen molar-refractivity contribution in [1.82, 2.24) is 0 Å². The van der Waals surface area contributed by atoms with Gasteiger partial charge in [0.25, 0.3) is 0 Å². The van der Waals surface area contributed by atoms with Crippen LogP contribution in [0, 0.1) is 0 Å². The number of rotatable bonds is 5. The molecule has 0 bridgehead atoms. The highest BCUT2D eigenvalue weighted by Crippen LogP contribution is 2.24. The Kier molecular flexibility index (Phi) is 4.26. The molecule has 3 N–H and O–H groups in total. The van der Waals surface area contributed by atoms with E-state index in [0.717, 1.165) is 11.3 Å². The molecule has 0 radical (unpaired) electrons. The maximum Gasteiger partial charge on any atom is 0.123 e. The number of methoxy groups -OCH3 is 1. The van der Waals surface area contributed by atoms with Crippen LogP contribution in [0.1, 0.15) is 11.6 Å². The number of hydrogen-bond acceptors (Lipinski definition) is 4. The monoisotopic (exact) mass is 259 g/mol. The van der Waals surface area contributed by atoms with Gasteiger partial charge in [0.05, 0.1) is 13.2 Å². The summed E-state index contributed by atoms with van der Waals surface area (Å²) in [6, 6.07) is 13.9. The molecule has 0 spiro atoms. The summed E-state index contributed by atoms with van der Waals surface area (Å²) in [4.78, 5) is 0. The summed E-state index contributed by atoms with van der Waals surface area (Å²) >= 11 is 0. The van der Waals surface area contributed by atoms with Gasteiger partial charge in [-0.1, -0.05) is 24.3 Å². The van der Waals surface area contributed by atoms with Crippen LogP contribution in [0.25, 0.3) is 0 Å². The molecule has 0 saturated heterocycles. The number of nitrogens with two attached hydrogens (primary N) is 1. The second kappa shape index (κ2) is 6.11. The van der Waals surface area contributed by atoms with Crippen LogP contribution in [0.15, 0.2) is 48.5 Å². The Bertz CT molecular complexity index is 542. The Hall–Kier alpha value is -2.20. The Balaban J connectivity index is 2.03. The molecule has 0 heterocycles. The first kappa shape index (κ1) is 13.2. The van der Waals surface area contributed by atoms with Crippen LogP contribution in [0.4, 0.5) is 0 Å². The third-order valence-corrected chi connectivity index (χ3v) is 2.79. The number of ether oxygens (including phenoxy) is 2. The molecule has 0 aliphatic rings. The van der Waals surface area contributed by atoms with Crippen molar-refractivity contribution < 1.29 is 14.6 Å². The molecule has 0 saturated carbocycles. The highest BCUT2D eigenvalue weighted by atomic mass is 16.5. The standard InChI is InChI=1S/C15H17NO3/c1-18-15-8-3-2-7-13(15)14(16)10-19-12-6-4-5-11(17)9-12/h2-9,14,17H,10,16H2,1H3. The predicted octanol–water partition coefficient (Wildman–Crippen LogP) is 2.48. The number of phenols is 1. The molecule has 0 aliphatic heterocycles. The SMILES string of the molecule is COc1ccccc1C(N)COc1cccc(O)c1. The second-order valence-corrected chi connectivity index (χ2v) is 4.16. The van der Waals surface area contributed by atoms with E-state index in [4.69, 9.17) is 15.2 Å². The minimum Gasteiger partial charge on any atom is -0.508 e. The molecular formula is C15H17NO3. The van der Waals surface area contributed by atoms with Gasteiger partial charge in [-0.25, -0.2) is 0 Å². The summed E-state index contributed by atoms with van der Waals surface area (Å²) in [6.45, 7) is 0.309. The maximum atomic E-state index is 9.35. The van der Waals surface area contributed by atoms with Gasteiger partial charge in [0.2, 0.25) is 0 Å². The maximum absolute atomic E-state index is 9.35. The van der Waals surface area contributed by atoms with Crippen molar-refractivity contribution in [3.8, 4) is 17.2 Å². The van der Waals surface area contributed by atoms with Crippen LogP contribution in [0.3, 0.4) is 0 Å². The van der Waals surface area contributed by atoms with Gasteiger partial charge in [-0.2, -0.15) is 0 Å². The predicted molar refractivity (Wildman–Crippen MR) is 73.5 cm³/mol. The summed E-state index contributed by atoms with van der Waals surface area (Å²) in [5, 5.41) is 9.35. The molecule has 1 atom stereocenters. The molecule has 1 unspecified atom stereocenters. The van der Waals surface area contributed by atoms with Gasteiger partial charge in [-0.15, -0.1) is 0 Å². The summed E-state index contributed by atoms with van der Waals surface area (Å²) in [5.74, 6) is 1.50. The molecule has 0 amide bonds. The number of phenolic OH excluding ortho intramolecular Hbond substituents is 1. The number of para-hydroxylation sites is 1. The van der Waals surface area contributed by atoms with Crippen molar-refractivity contribution in [1.29, 1.82) is 0 Å². The molecule has 2 aromatic rings. The van der Waals surface area contributed by atoms with Crippen molar-refractivity contribution in [3.05, 3.63) is 54.1 Å². The van der Waals surface area contributed by atoms with Crippen LogP contribution in [-0.2, 0) is 0 Å². The van der Waals surface area contributed by atoms with E-state index in [1.54, 1.807) is 31.4 Å². The van der Waals surface area contributed by atoms with E-state index in [1.807, 2.05) is 24.3 Å². The molecule has 19 heavy (non-hydrogen) atoms. The molecule has 4 nitrogen and oxygen atoms in total. The zero-order chi connectivity index (χ0) is 13.7. The van der Waals surface area contributed by atoms with Gasteiger partial charge in [0.1, 0.15) is 23.9 Å². The largest absolute Gasteiger partial charge is 0.508 e. The topological polar surface area (TPSA) is 64.7 Å². The van der Waals surface area contributed by atoms with Crippen LogP contribution >= 0.6 is 0 Å². The van der Waals surface area contributed by atoms with E-state index in [0.29, 0.717) is 12.4 Å². The first-order valence-electron chi connectivity index (χ1n) is 6.01. The molecule has 2 aromatic carbocycles. The van der Waals surface area contributed by atoms with E-state index in [-0.39, 0.29) is 11.8 Å². The molecule has 100 valence electrons. The number of aromatic hydroxyl groups is 1. The normalized spacial score (nSPS) is 11.9. The number of benzene rings is 2. The van der Waals surface area contributed by atoms with Gasteiger partial charge in [0.15, 0.2) is 0 Å². The van der Waals surface area contributed by atoms with Gasteiger partial charge >= 0.3 is 0 Å². The minimum atomic E-state index is -0.293. The molecule has 0 aliphatic carbocycles. The lowest BCUT2D eigenvalue weighted by Gasteiger charge is -2.16. The van der Waals surface area contributed by atoms with Crippen molar-refractivity contribution >= 4 is 0 Å². The Morgan fingerprint density at radius 2 is 1.95 bits per heavy atom. The van der Waals surface area contributed by atoms with E-state index in [2.05, 4.69) is 0 Å². The summed E-state index contributed by atoms with van der Waals surface area (Å²) < 4.78 is 10.8. The quantitative estimate of drug-likeness (QED) is 0.865. The average Bonchev–Trinajstić information content (AvgIpc) is 2.45. The average molecular weight is 259 g/mol. The lowest BCUT2D eigenvalue weighted by Crippen LogP contribution is -2.19. The molecule has 0 aromatic heterocycles. The smallest absolute Gasteiger partial charge is 0.123 e. The lowest BCUT2D eigenvalue weighted by molar-refractivity contribution is 0.285. The zero-order valence-corrected chi connectivity index (χ0v) is 10.7. The first-order chi connectivity index (χ1) is 9.20. The van der Waals surface area contributed by atoms with E-state index < -0.39 is 0 Å². The van der Waals surface area contributed by atoms with Crippen molar-refractivity contribution in [2.75, 3.05) is 13.7 Å². The van der Waals surface area contributed by atoms with Gasteiger partial charge in [-0.05, 0) is 18.2 Å². The van der Waals surface area contributed by atoms with Crippen molar-refractivity contribution in [3.63, 3.8) is 0 Å². The van der Waals surface area contributed by atoms with E-state index in [9.17, 15) is 5.11 Å².